The molecule has 1 aliphatic heterocycles. The number of hydrogen-bond acceptors (Lipinski definition) is 4. The maximum absolute atomic E-state index is 13.7. The molecule has 5 rings (SSSR count). The van der Waals surface area contributed by atoms with Gasteiger partial charge in [-0.2, -0.15) is 4.31 Å². The summed E-state index contributed by atoms with van der Waals surface area (Å²) in [5, 5.41) is 6.71. The largest absolute Gasteiger partial charge is 0.350 e. The van der Waals surface area contributed by atoms with Gasteiger partial charge in [0.25, 0.3) is 0 Å². The summed E-state index contributed by atoms with van der Waals surface area (Å²) in [6.07, 6.45) is 0.346. The molecule has 1 atom stereocenters. The molecule has 4 aromatic rings. The minimum Gasteiger partial charge on any atom is -0.350 e. The van der Waals surface area contributed by atoms with Crippen LogP contribution in [0.5, 0.6) is 0 Å². The van der Waals surface area contributed by atoms with E-state index >= 15 is 0 Å². The van der Waals surface area contributed by atoms with Crippen molar-refractivity contribution in [2.24, 2.45) is 0 Å². The summed E-state index contributed by atoms with van der Waals surface area (Å²) in [5.74, 6) is -0.280. The number of fused-ring (bicyclic) bond motifs is 2. The smallest absolute Gasteiger partial charge is 0.244 e. The van der Waals surface area contributed by atoms with Crippen molar-refractivity contribution in [3.05, 3.63) is 100 Å². The molecule has 0 saturated heterocycles. The molecule has 1 N–H and O–H groups in total. The van der Waals surface area contributed by atoms with Crippen molar-refractivity contribution in [2.75, 3.05) is 0 Å². The highest BCUT2D eigenvalue weighted by Crippen LogP contribution is 2.30. The molecule has 5 nitrogen and oxygen atoms in total. The average molecular weight is 463 g/mol. The van der Waals surface area contributed by atoms with Gasteiger partial charge >= 0.3 is 0 Å². The third-order valence-corrected chi connectivity index (χ3v) is 8.58. The van der Waals surface area contributed by atoms with E-state index in [4.69, 9.17) is 0 Å². The Bertz CT molecular complexity index is 1380. The first kappa shape index (κ1) is 20.9. The second-order valence-corrected chi connectivity index (χ2v) is 10.8. The molecule has 2 heterocycles. The lowest BCUT2D eigenvalue weighted by Crippen LogP contribution is -2.52. The number of sulfonamides is 1. The maximum atomic E-state index is 13.7. The Morgan fingerprint density at radius 1 is 0.938 bits per heavy atom. The summed E-state index contributed by atoms with van der Waals surface area (Å²) in [6, 6.07) is 23.6. The highest BCUT2D eigenvalue weighted by molar-refractivity contribution is 7.89. The number of thiophene rings is 1. The minimum atomic E-state index is -3.89. The van der Waals surface area contributed by atoms with E-state index in [9.17, 15) is 13.2 Å². The Balaban J connectivity index is 1.50. The molecule has 3 aromatic carbocycles. The third kappa shape index (κ3) is 3.95. The van der Waals surface area contributed by atoms with Gasteiger partial charge in [0.1, 0.15) is 6.04 Å². The van der Waals surface area contributed by atoms with Crippen molar-refractivity contribution in [1.29, 1.82) is 0 Å². The third-order valence-electron chi connectivity index (χ3n) is 5.85. The van der Waals surface area contributed by atoms with Crippen LogP contribution in [0, 0.1) is 0 Å². The normalized spacial score (nSPS) is 16.6. The fraction of sp³-hybridized carbons (Fsp3) is 0.160. The number of nitrogens with zero attached hydrogens (tertiary/aromatic N) is 1. The average Bonchev–Trinajstić information content (AvgIpc) is 3.35. The maximum Gasteiger partial charge on any atom is 0.244 e. The van der Waals surface area contributed by atoms with Crippen LogP contribution in [0.25, 0.3) is 10.8 Å². The molecule has 0 saturated carbocycles. The lowest BCUT2D eigenvalue weighted by atomic mass is 9.95. The first-order valence-corrected chi connectivity index (χ1v) is 12.7. The quantitative estimate of drug-likeness (QED) is 0.480. The SMILES string of the molecule is O=C(NCc1cccs1)[C@H]1Cc2ccccc2CN1S(=O)(=O)c1ccc2ccccc2c1. The van der Waals surface area contributed by atoms with Gasteiger partial charge in [-0.1, -0.05) is 60.7 Å². The van der Waals surface area contributed by atoms with Gasteiger partial charge in [0, 0.05) is 11.4 Å². The van der Waals surface area contributed by atoms with Crippen molar-refractivity contribution in [2.45, 2.75) is 30.4 Å². The molecule has 0 fully saturated rings. The Morgan fingerprint density at radius 2 is 1.69 bits per heavy atom. The van der Waals surface area contributed by atoms with Gasteiger partial charge in [0.2, 0.25) is 15.9 Å². The van der Waals surface area contributed by atoms with E-state index in [-0.39, 0.29) is 17.3 Å². The van der Waals surface area contributed by atoms with E-state index in [0.29, 0.717) is 13.0 Å². The summed E-state index contributed by atoms with van der Waals surface area (Å²) in [6.45, 7) is 0.556. The predicted octanol–water partition coefficient (Wildman–Crippen LogP) is 4.33. The number of benzene rings is 3. The van der Waals surface area contributed by atoms with Crippen LogP contribution in [0.3, 0.4) is 0 Å². The van der Waals surface area contributed by atoms with Crippen molar-refractivity contribution in [3.8, 4) is 0 Å². The van der Waals surface area contributed by atoms with Crippen LogP contribution in [0.1, 0.15) is 16.0 Å². The molecule has 0 unspecified atom stereocenters. The zero-order valence-corrected chi connectivity index (χ0v) is 18.9. The van der Waals surface area contributed by atoms with E-state index < -0.39 is 16.1 Å². The first-order valence-electron chi connectivity index (χ1n) is 10.4. The highest BCUT2D eigenvalue weighted by Gasteiger charge is 2.39. The Kier molecular flexibility index (Phi) is 5.55. The number of hydrogen-bond donors (Lipinski definition) is 1. The Labute approximate surface area is 191 Å². The molecule has 0 radical (unpaired) electrons. The highest BCUT2D eigenvalue weighted by atomic mass is 32.2. The molecule has 1 aliphatic rings. The summed E-state index contributed by atoms with van der Waals surface area (Å²) < 4.78 is 28.8. The van der Waals surface area contributed by atoms with Crippen LogP contribution in [-0.4, -0.2) is 24.7 Å². The summed E-state index contributed by atoms with van der Waals surface area (Å²) >= 11 is 1.56. The fourth-order valence-electron chi connectivity index (χ4n) is 4.14. The minimum absolute atomic E-state index is 0.169. The van der Waals surface area contributed by atoms with E-state index in [0.717, 1.165) is 26.8 Å². The van der Waals surface area contributed by atoms with E-state index in [2.05, 4.69) is 5.32 Å². The monoisotopic (exact) mass is 462 g/mol. The fourth-order valence-corrected chi connectivity index (χ4v) is 6.39. The van der Waals surface area contributed by atoms with Crippen LogP contribution in [-0.2, 0) is 34.3 Å². The van der Waals surface area contributed by atoms with Gasteiger partial charge < -0.3 is 5.32 Å². The van der Waals surface area contributed by atoms with Gasteiger partial charge in [-0.05, 0) is 51.9 Å². The number of nitrogens with one attached hydrogen (secondary N) is 1. The summed E-state index contributed by atoms with van der Waals surface area (Å²) in [4.78, 5) is 14.4. The van der Waals surface area contributed by atoms with Gasteiger partial charge in [-0.3, -0.25) is 4.79 Å². The standard InChI is InChI=1S/C25H22N2O3S2/c28-25(26-16-22-10-5-13-31-22)24-15-20-8-3-4-9-21(20)17-27(24)32(29,30)23-12-11-18-6-1-2-7-19(18)14-23/h1-14,24H,15-17H2,(H,26,28)/t24-/m1/s1. The molecule has 0 bridgehead atoms. The van der Waals surface area contributed by atoms with Crippen molar-refractivity contribution < 1.29 is 13.2 Å². The number of amides is 1. The van der Waals surface area contributed by atoms with Gasteiger partial charge in [0.05, 0.1) is 11.4 Å². The van der Waals surface area contributed by atoms with Gasteiger partial charge in [-0.15, -0.1) is 11.3 Å². The van der Waals surface area contributed by atoms with Crippen LogP contribution in [0.15, 0.2) is 89.1 Å². The second kappa shape index (κ2) is 8.50. The molecule has 1 amide bonds. The molecule has 0 spiro atoms. The van der Waals surface area contributed by atoms with Gasteiger partial charge in [0.15, 0.2) is 0 Å². The lowest BCUT2D eigenvalue weighted by Gasteiger charge is -2.35. The Hall–Kier alpha value is -3.00. The molecule has 32 heavy (non-hydrogen) atoms. The molecular formula is C25H22N2O3S2. The van der Waals surface area contributed by atoms with Crippen LogP contribution in [0.2, 0.25) is 0 Å². The second-order valence-electron chi connectivity index (χ2n) is 7.85. The first-order chi connectivity index (χ1) is 15.5. The zero-order valence-electron chi connectivity index (χ0n) is 17.3. The molecule has 7 heteroatoms. The zero-order chi connectivity index (χ0) is 22.1. The summed E-state index contributed by atoms with van der Waals surface area (Å²) in [7, 11) is -3.89. The van der Waals surface area contributed by atoms with E-state index in [1.165, 1.54) is 4.31 Å². The molecular weight excluding hydrogens is 440 g/mol. The topological polar surface area (TPSA) is 66.5 Å². The van der Waals surface area contributed by atoms with Gasteiger partial charge in [-0.25, -0.2) is 8.42 Å². The lowest BCUT2D eigenvalue weighted by molar-refractivity contribution is -0.125. The molecule has 162 valence electrons. The number of rotatable bonds is 5. The number of carbonyl (C=O) groups is 1. The van der Waals surface area contributed by atoms with E-state index in [1.54, 1.807) is 23.5 Å². The van der Waals surface area contributed by atoms with Crippen molar-refractivity contribution in [1.82, 2.24) is 9.62 Å². The van der Waals surface area contributed by atoms with Crippen LogP contribution < -0.4 is 5.32 Å². The number of carbonyl (C=O) groups excluding carboxylic acids is 1. The molecule has 1 aromatic heterocycles. The van der Waals surface area contributed by atoms with E-state index in [1.807, 2.05) is 72.1 Å². The van der Waals surface area contributed by atoms with Crippen LogP contribution in [0.4, 0.5) is 0 Å². The van der Waals surface area contributed by atoms with Crippen molar-refractivity contribution in [3.63, 3.8) is 0 Å². The molecule has 0 aliphatic carbocycles. The Morgan fingerprint density at radius 3 is 2.47 bits per heavy atom. The van der Waals surface area contributed by atoms with Crippen molar-refractivity contribution >= 4 is 38.0 Å². The summed E-state index contributed by atoms with van der Waals surface area (Å²) in [5.41, 5.74) is 1.94. The van der Waals surface area contributed by atoms with Crippen LogP contribution >= 0.6 is 11.3 Å². The predicted molar refractivity (Wildman–Crippen MR) is 127 cm³/mol.